The second-order valence-corrected chi connectivity index (χ2v) is 7.54. The molecule has 0 saturated carbocycles. The van der Waals surface area contributed by atoms with Crippen LogP contribution in [0.4, 0.5) is 0 Å². The molecule has 0 aliphatic carbocycles. The molecular formula is C18H31N5O10. The lowest BCUT2D eigenvalue weighted by atomic mass is 10.0. The molecule has 0 amide bonds. The summed E-state index contributed by atoms with van der Waals surface area (Å²) in [7, 11) is 0. The van der Waals surface area contributed by atoms with Gasteiger partial charge in [0.15, 0.2) is 0 Å². The van der Waals surface area contributed by atoms with Gasteiger partial charge in [0.1, 0.15) is 0 Å². The molecule has 1 saturated heterocycles. The molecule has 15 heteroatoms. The lowest BCUT2D eigenvalue weighted by Gasteiger charge is -2.43. The van der Waals surface area contributed by atoms with Gasteiger partial charge in [0, 0.05) is 12.1 Å². The van der Waals surface area contributed by atoms with Crippen molar-refractivity contribution in [1.82, 2.24) is 26.2 Å². The minimum atomic E-state index is -1.21. The maximum Gasteiger partial charge on any atom is 0.317 e. The molecule has 0 bridgehead atoms. The number of carbonyl (C=O) groups is 5. The van der Waals surface area contributed by atoms with E-state index < -0.39 is 87.0 Å². The fraction of sp³-hybridized carbons (Fsp3) is 0.722. The molecule has 0 aromatic rings. The smallest absolute Gasteiger partial charge is 0.317 e. The molecule has 0 aromatic heterocycles. The van der Waals surface area contributed by atoms with E-state index in [1.807, 2.05) is 0 Å². The van der Waals surface area contributed by atoms with Crippen LogP contribution in [-0.2, 0) is 24.0 Å². The van der Waals surface area contributed by atoms with E-state index in [1.54, 1.807) is 0 Å². The number of carboxylic acid groups (broad SMARTS) is 5. The van der Waals surface area contributed by atoms with Crippen LogP contribution in [0, 0.1) is 0 Å². The zero-order valence-electron chi connectivity index (χ0n) is 17.9. The summed E-state index contributed by atoms with van der Waals surface area (Å²) in [4.78, 5) is 57.5. The van der Waals surface area contributed by atoms with Gasteiger partial charge in [0.2, 0.25) is 0 Å². The van der Waals surface area contributed by atoms with E-state index >= 15 is 0 Å². The van der Waals surface area contributed by atoms with Crippen molar-refractivity contribution in [3.05, 3.63) is 0 Å². The molecule has 2 unspecified atom stereocenters. The molecule has 15 nitrogen and oxygen atoms in total. The fourth-order valence-electron chi connectivity index (χ4n) is 3.87. The van der Waals surface area contributed by atoms with Gasteiger partial charge in [0.25, 0.3) is 0 Å². The number of hydrogen-bond acceptors (Lipinski definition) is 10. The highest BCUT2D eigenvalue weighted by Crippen LogP contribution is 2.25. The van der Waals surface area contributed by atoms with Gasteiger partial charge in [-0.2, -0.15) is 0 Å². The summed E-state index contributed by atoms with van der Waals surface area (Å²) in [6, 6.07) is -1.37. The Morgan fingerprint density at radius 3 is 1.15 bits per heavy atom. The second-order valence-electron chi connectivity index (χ2n) is 7.54. The van der Waals surface area contributed by atoms with Crippen LogP contribution in [-0.4, -0.2) is 117 Å². The van der Waals surface area contributed by atoms with E-state index in [0.29, 0.717) is 25.7 Å². The third-order valence-electron chi connectivity index (χ3n) is 5.08. The number of rotatable bonds is 16. The van der Waals surface area contributed by atoms with Crippen LogP contribution in [0.5, 0.6) is 0 Å². The van der Waals surface area contributed by atoms with Crippen LogP contribution in [0.3, 0.4) is 0 Å². The summed E-state index contributed by atoms with van der Waals surface area (Å²) in [6.45, 7) is -2.58. The molecular weight excluding hydrogens is 446 g/mol. The van der Waals surface area contributed by atoms with Gasteiger partial charge in [-0.1, -0.05) is 12.8 Å². The molecule has 1 rings (SSSR count). The summed E-state index contributed by atoms with van der Waals surface area (Å²) in [6.07, 6.45) is 0.133. The van der Waals surface area contributed by atoms with E-state index in [1.165, 1.54) is 4.90 Å². The topological polar surface area (TPSA) is 238 Å². The Hall–Kier alpha value is -2.85. The molecule has 188 valence electrons. The first-order valence-corrected chi connectivity index (χ1v) is 10.3. The summed E-state index contributed by atoms with van der Waals surface area (Å²) in [5.41, 5.74) is 0. The average Bonchev–Trinajstić information content (AvgIpc) is 2.90. The minimum absolute atomic E-state index is 0.387. The van der Waals surface area contributed by atoms with Gasteiger partial charge in [-0.05, 0) is 12.8 Å². The van der Waals surface area contributed by atoms with Gasteiger partial charge in [-0.25, -0.2) is 0 Å². The molecule has 1 fully saturated rings. The molecule has 1 aliphatic heterocycles. The van der Waals surface area contributed by atoms with Gasteiger partial charge in [0.05, 0.1) is 45.1 Å². The maximum absolute atomic E-state index is 11.7. The highest BCUT2D eigenvalue weighted by Gasteiger charge is 2.39. The van der Waals surface area contributed by atoms with E-state index in [-0.39, 0.29) is 0 Å². The molecule has 1 heterocycles. The molecule has 2 atom stereocenters. The Morgan fingerprint density at radius 2 is 0.909 bits per heavy atom. The summed E-state index contributed by atoms with van der Waals surface area (Å²) in [5, 5.41) is 56.5. The van der Waals surface area contributed by atoms with Crippen molar-refractivity contribution in [2.45, 2.75) is 50.1 Å². The van der Waals surface area contributed by atoms with Gasteiger partial charge >= 0.3 is 29.8 Å². The molecule has 0 spiro atoms. The van der Waals surface area contributed by atoms with Crippen molar-refractivity contribution < 1.29 is 49.5 Å². The second kappa shape index (κ2) is 14.3. The van der Waals surface area contributed by atoms with E-state index in [9.17, 15) is 29.1 Å². The molecule has 0 aromatic carbocycles. The number of nitrogens with one attached hydrogen (secondary N) is 4. The normalized spacial score (nSPS) is 19.3. The predicted molar refractivity (Wildman–Crippen MR) is 111 cm³/mol. The van der Waals surface area contributed by atoms with Crippen molar-refractivity contribution in [1.29, 1.82) is 0 Å². The number of hydrogen-bond donors (Lipinski definition) is 9. The Morgan fingerprint density at radius 1 is 0.606 bits per heavy atom. The Bertz CT molecular complexity index is 620. The number of likely N-dealkylation sites (tertiary alicyclic amines) is 1. The van der Waals surface area contributed by atoms with Crippen molar-refractivity contribution in [3.8, 4) is 0 Å². The lowest BCUT2D eigenvalue weighted by molar-refractivity contribution is -0.142. The highest BCUT2D eigenvalue weighted by atomic mass is 16.4. The highest BCUT2D eigenvalue weighted by molar-refractivity contribution is 5.71. The Balaban J connectivity index is 3.29. The zero-order valence-corrected chi connectivity index (χ0v) is 17.9. The SMILES string of the molecule is O=C(O)CNC(NCC(=O)O)C1CCCCC(C(NCC(=O)O)NCC(=O)O)N1CC(=O)O. The fourth-order valence-corrected chi connectivity index (χ4v) is 3.87. The summed E-state index contributed by atoms with van der Waals surface area (Å²) >= 11 is 0. The largest absolute Gasteiger partial charge is 0.480 e. The quantitative estimate of drug-likeness (QED) is 0.101. The minimum Gasteiger partial charge on any atom is -0.480 e. The van der Waals surface area contributed by atoms with E-state index in [2.05, 4.69) is 21.3 Å². The van der Waals surface area contributed by atoms with Crippen molar-refractivity contribution in [2.24, 2.45) is 0 Å². The molecule has 0 radical (unpaired) electrons. The first-order valence-electron chi connectivity index (χ1n) is 10.3. The van der Waals surface area contributed by atoms with Crippen molar-refractivity contribution in [3.63, 3.8) is 0 Å². The van der Waals surface area contributed by atoms with Crippen LogP contribution in [0.1, 0.15) is 25.7 Å². The van der Waals surface area contributed by atoms with E-state index in [0.717, 1.165) is 0 Å². The lowest BCUT2D eigenvalue weighted by Crippen LogP contribution is -2.66. The van der Waals surface area contributed by atoms with Crippen LogP contribution < -0.4 is 21.3 Å². The third-order valence-corrected chi connectivity index (χ3v) is 5.08. The Kier molecular flexibility index (Phi) is 12.2. The van der Waals surface area contributed by atoms with Crippen LogP contribution in [0.15, 0.2) is 0 Å². The number of carboxylic acids is 5. The monoisotopic (exact) mass is 477 g/mol. The predicted octanol–water partition coefficient (Wildman–Crippen LogP) is -2.97. The first kappa shape index (κ1) is 28.2. The van der Waals surface area contributed by atoms with Crippen LogP contribution >= 0.6 is 0 Å². The number of nitrogens with zero attached hydrogens (tertiary/aromatic N) is 1. The Labute approximate surface area is 189 Å². The van der Waals surface area contributed by atoms with Gasteiger partial charge < -0.3 is 25.5 Å². The van der Waals surface area contributed by atoms with E-state index in [4.69, 9.17) is 20.4 Å². The molecule has 33 heavy (non-hydrogen) atoms. The number of aliphatic carboxylic acids is 5. The maximum atomic E-state index is 11.7. The van der Waals surface area contributed by atoms with Crippen molar-refractivity contribution in [2.75, 3.05) is 32.7 Å². The summed E-state index contributed by atoms with van der Waals surface area (Å²) in [5.74, 6) is -6.00. The van der Waals surface area contributed by atoms with Crippen LogP contribution in [0.25, 0.3) is 0 Å². The molecule has 9 N–H and O–H groups in total. The zero-order chi connectivity index (χ0) is 25.0. The average molecular weight is 477 g/mol. The van der Waals surface area contributed by atoms with Gasteiger partial charge in [-0.15, -0.1) is 0 Å². The first-order chi connectivity index (χ1) is 15.5. The van der Waals surface area contributed by atoms with Crippen LogP contribution in [0.2, 0.25) is 0 Å². The standard InChI is InChI=1S/C18H31N5O10/c24-12(25)5-19-17(20-6-13(26)27)10-3-1-2-4-11(23(10)9-16(32)33)18(21-7-14(28)29)22-8-15(30)31/h10-11,17-22H,1-9H2,(H,24,25)(H,26,27)(H,28,29)(H,30,31)(H,32,33). The van der Waals surface area contributed by atoms with Crippen molar-refractivity contribution >= 4 is 29.8 Å². The van der Waals surface area contributed by atoms with Gasteiger partial charge in [-0.3, -0.25) is 50.1 Å². The third kappa shape index (κ3) is 11.0. The molecule has 1 aliphatic rings. The summed E-state index contributed by atoms with van der Waals surface area (Å²) < 4.78 is 0.